The Balaban J connectivity index is 4.84. The molecule has 1 atom stereocenters. The average Bonchev–Trinajstić information content (AvgIpc) is 2.28. The Morgan fingerprint density at radius 3 is 2.06 bits per heavy atom. The van der Waals surface area contributed by atoms with E-state index in [1.165, 1.54) is 7.11 Å². The maximum Gasteiger partial charge on any atom is 0.326 e. The summed E-state index contributed by atoms with van der Waals surface area (Å²) < 4.78 is 4.96. The van der Waals surface area contributed by atoms with E-state index >= 15 is 0 Å². The van der Waals surface area contributed by atoms with Crippen LogP contribution in [0.3, 0.4) is 0 Å². The molecule has 0 aliphatic carbocycles. The molecule has 96 valence electrons. The first-order valence-corrected chi connectivity index (χ1v) is 6.42. The third-order valence-corrected chi connectivity index (χ3v) is 3.06. The van der Waals surface area contributed by atoms with E-state index in [9.17, 15) is 4.79 Å². The van der Waals surface area contributed by atoms with Crippen molar-refractivity contribution in [1.29, 1.82) is 0 Å². The summed E-state index contributed by atoms with van der Waals surface area (Å²) in [5, 5.41) is 3.46. The number of nitrogens with one attached hydrogen (secondary N) is 1. The van der Waals surface area contributed by atoms with Gasteiger partial charge in [0.05, 0.1) is 7.11 Å². The quantitative estimate of drug-likeness (QED) is 0.650. The van der Waals surface area contributed by atoms with Crippen LogP contribution in [0.1, 0.15) is 59.8 Å². The highest BCUT2D eigenvalue weighted by Gasteiger charge is 2.38. The number of hydrogen-bond acceptors (Lipinski definition) is 3. The number of ether oxygens (including phenoxy) is 1. The first-order valence-electron chi connectivity index (χ1n) is 6.42. The lowest BCUT2D eigenvalue weighted by Gasteiger charge is -2.34. The number of rotatable bonds is 8. The van der Waals surface area contributed by atoms with E-state index in [0.29, 0.717) is 6.04 Å². The fourth-order valence-corrected chi connectivity index (χ4v) is 2.16. The van der Waals surface area contributed by atoms with E-state index < -0.39 is 5.54 Å². The molecule has 3 nitrogen and oxygen atoms in total. The molecule has 0 aliphatic rings. The molecule has 0 radical (unpaired) electrons. The summed E-state index contributed by atoms with van der Waals surface area (Å²) in [6.45, 7) is 8.44. The first kappa shape index (κ1) is 15.4. The van der Waals surface area contributed by atoms with Crippen molar-refractivity contribution in [3.05, 3.63) is 0 Å². The largest absolute Gasteiger partial charge is 0.468 e. The standard InChI is InChI=1S/C13H27NO2/c1-6-9-13(10-7-2,12(15)16-5)14-11(4)8-3/h11,14H,6-10H2,1-5H3. The molecular weight excluding hydrogens is 202 g/mol. The highest BCUT2D eigenvalue weighted by Crippen LogP contribution is 2.22. The molecule has 0 amide bonds. The van der Waals surface area contributed by atoms with Crippen LogP contribution >= 0.6 is 0 Å². The van der Waals surface area contributed by atoms with Gasteiger partial charge < -0.3 is 4.74 Å². The Bertz CT molecular complexity index is 198. The molecule has 0 aliphatic heterocycles. The molecule has 0 rings (SSSR count). The van der Waals surface area contributed by atoms with Crippen LogP contribution in [-0.4, -0.2) is 24.7 Å². The van der Waals surface area contributed by atoms with Gasteiger partial charge in [0, 0.05) is 6.04 Å². The first-order chi connectivity index (χ1) is 7.56. The molecule has 1 unspecified atom stereocenters. The lowest BCUT2D eigenvalue weighted by atomic mass is 9.87. The predicted octanol–water partition coefficient (Wildman–Crippen LogP) is 2.89. The van der Waals surface area contributed by atoms with Gasteiger partial charge in [-0.3, -0.25) is 10.1 Å². The van der Waals surface area contributed by atoms with Crippen molar-refractivity contribution in [1.82, 2.24) is 5.32 Å². The fraction of sp³-hybridized carbons (Fsp3) is 0.923. The average molecular weight is 229 g/mol. The van der Waals surface area contributed by atoms with E-state index in [1.54, 1.807) is 0 Å². The number of carbonyl (C=O) groups is 1. The molecule has 0 aromatic rings. The molecule has 1 N–H and O–H groups in total. The second kappa shape index (κ2) is 7.66. The van der Waals surface area contributed by atoms with Gasteiger partial charge in [-0.2, -0.15) is 0 Å². The summed E-state index contributed by atoms with van der Waals surface area (Å²) in [6.07, 6.45) is 4.68. The Morgan fingerprint density at radius 2 is 1.75 bits per heavy atom. The maximum absolute atomic E-state index is 12.0. The van der Waals surface area contributed by atoms with E-state index in [1.807, 2.05) is 0 Å². The monoisotopic (exact) mass is 229 g/mol. The summed E-state index contributed by atoms with van der Waals surface area (Å²) in [7, 11) is 1.47. The number of methoxy groups -OCH3 is 1. The third kappa shape index (κ3) is 4.12. The van der Waals surface area contributed by atoms with Crippen molar-refractivity contribution in [2.45, 2.75) is 71.4 Å². The van der Waals surface area contributed by atoms with E-state index in [0.717, 1.165) is 32.1 Å². The second-order valence-electron chi connectivity index (χ2n) is 4.53. The summed E-state index contributed by atoms with van der Waals surface area (Å²) in [5.41, 5.74) is -0.478. The molecular formula is C13H27NO2. The van der Waals surface area contributed by atoms with Crippen LogP contribution in [0.5, 0.6) is 0 Å². The molecule has 16 heavy (non-hydrogen) atoms. The van der Waals surface area contributed by atoms with Gasteiger partial charge in [0.2, 0.25) is 0 Å². The van der Waals surface area contributed by atoms with Gasteiger partial charge in [-0.1, -0.05) is 33.6 Å². The Hall–Kier alpha value is -0.570. The van der Waals surface area contributed by atoms with Crippen LogP contribution in [-0.2, 0) is 9.53 Å². The van der Waals surface area contributed by atoms with E-state index in [-0.39, 0.29) is 5.97 Å². The second-order valence-corrected chi connectivity index (χ2v) is 4.53. The minimum Gasteiger partial charge on any atom is -0.468 e. The lowest BCUT2D eigenvalue weighted by Crippen LogP contribution is -2.55. The van der Waals surface area contributed by atoms with Crippen LogP contribution < -0.4 is 5.32 Å². The minimum atomic E-state index is -0.478. The topological polar surface area (TPSA) is 38.3 Å². The van der Waals surface area contributed by atoms with Crippen LogP contribution in [0.15, 0.2) is 0 Å². The van der Waals surface area contributed by atoms with Crippen LogP contribution in [0, 0.1) is 0 Å². The fourth-order valence-electron chi connectivity index (χ4n) is 2.16. The number of esters is 1. The van der Waals surface area contributed by atoms with Gasteiger partial charge in [0.15, 0.2) is 0 Å². The maximum atomic E-state index is 12.0. The smallest absolute Gasteiger partial charge is 0.326 e. The van der Waals surface area contributed by atoms with Gasteiger partial charge >= 0.3 is 5.97 Å². The number of carbonyl (C=O) groups excluding carboxylic acids is 1. The van der Waals surface area contributed by atoms with Crippen molar-refractivity contribution in [3.63, 3.8) is 0 Å². The highest BCUT2D eigenvalue weighted by molar-refractivity contribution is 5.80. The SMILES string of the molecule is CCCC(CCC)(NC(C)CC)C(=O)OC. The Morgan fingerprint density at radius 1 is 1.25 bits per heavy atom. The Kier molecular flexibility index (Phi) is 7.39. The summed E-state index contributed by atoms with van der Waals surface area (Å²) in [6, 6.07) is 0.345. The van der Waals surface area contributed by atoms with Crippen LogP contribution in [0.4, 0.5) is 0 Å². The van der Waals surface area contributed by atoms with Crippen molar-refractivity contribution in [3.8, 4) is 0 Å². The van der Waals surface area contributed by atoms with Gasteiger partial charge in [0.25, 0.3) is 0 Å². The van der Waals surface area contributed by atoms with Gasteiger partial charge in [-0.05, 0) is 26.2 Å². The van der Waals surface area contributed by atoms with Gasteiger partial charge in [-0.25, -0.2) is 0 Å². The molecule has 0 aromatic heterocycles. The normalized spacial score (nSPS) is 13.6. The van der Waals surface area contributed by atoms with Crippen molar-refractivity contribution in [2.75, 3.05) is 7.11 Å². The van der Waals surface area contributed by atoms with Gasteiger partial charge in [0.1, 0.15) is 5.54 Å². The highest BCUT2D eigenvalue weighted by atomic mass is 16.5. The molecule has 0 heterocycles. The predicted molar refractivity (Wildman–Crippen MR) is 67.5 cm³/mol. The minimum absolute atomic E-state index is 0.114. The zero-order chi connectivity index (χ0) is 12.6. The molecule has 0 aromatic carbocycles. The zero-order valence-electron chi connectivity index (χ0n) is 11.4. The molecule has 0 fully saturated rings. The van der Waals surface area contributed by atoms with Gasteiger partial charge in [-0.15, -0.1) is 0 Å². The molecule has 3 heteroatoms. The van der Waals surface area contributed by atoms with Crippen LogP contribution in [0.25, 0.3) is 0 Å². The molecule has 0 bridgehead atoms. The van der Waals surface area contributed by atoms with E-state index in [2.05, 4.69) is 33.0 Å². The van der Waals surface area contributed by atoms with Crippen LogP contribution in [0.2, 0.25) is 0 Å². The van der Waals surface area contributed by atoms with E-state index in [4.69, 9.17) is 4.74 Å². The zero-order valence-corrected chi connectivity index (χ0v) is 11.4. The van der Waals surface area contributed by atoms with Crippen molar-refractivity contribution in [2.24, 2.45) is 0 Å². The molecule has 0 saturated carbocycles. The third-order valence-electron chi connectivity index (χ3n) is 3.06. The Labute approximate surface area is 99.9 Å². The summed E-state index contributed by atoms with van der Waals surface area (Å²) >= 11 is 0. The van der Waals surface area contributed by atoms with Crippen molar-refractivity contribution < 1.29 is 9.53 Å². The lowest BCUT2D eigenvalue weighted by molar-refractivity contribution is -0.150. The van der Waals surface area contributed by atoms with Crippen molar-refractivity contribution >= 4 is 5.97 Å². The molecule has 0 saturated heterocycles. The number of hydrogen-bond donors (Lipinski definition) is 1. The molecule has 0 spiro atoms. The summed E-state index contributed by atoms with van der Waals surface area (Å²) in [5.74, 6) is -0.114. The summed E-state index contributed by atoms with van der Waals surface area (Å²) in [4.78, 5) is 12.0.